The molecule has 236 valence electrons. The van der Waals surface area contributed by atoms with Gasteiger partial charge in [-0.2, -0.15) is 0 Å². The van der Waals surface area contributed by atoms with Gasteiger partial charge >= 0.3 is 0 Å². The smallest absolute Gasteiger partial charge is 0.243 e. The normalized spacial score (nSPS) is 31.2. The maximum Gasteiger partial charge on any atom is 0.243 e. The lowest BCUT2D eigenvalue weighted by atomic mass is 9.96. The number of aromatic nitrogens is 1. The van der Waals surface area contributed by atoms with Crippen LogP contribution in [0.4, 0.5) is 0 Å². The van der Waals surface area contributed by atoms with Crippen LogP contribution < -0.4 is 21.1 Å². The van der Waals surface area contributed by atoms with Crippen molar-refractivity contribution in [2.45, 2.75) is 94.2 Å². The lowest BCUT2D eigenvalue weighted by Gasteiger charge is -2.33. The Balaban J connectivity index is 1.33. The van der Waals surface area contributed by atoms with Gasteiger partial charge in [-0.3, -0.25) is 9.59 Å². The number of rotatable bonds is 6. The number of carbonyl (C=O) groups excluding carboxylic acids is 2. The molecule has 6 rings (SSSR count). The summed E-state index contributed by atoms with van der Waals surface area (Å²) in [4.78, 5) is 34.9. The summed E-state index contributed by atoms with van der Waals surface area (Å²) in [5.74, 6) is 0.559. The molecular weight excluding hydrogens is 554 g/mol. The van der Waals surface area contributed by atoms with Crippen molar-refractivity contribution in [1.82, 2.24) is 20.5 Å². The largest absolute Gasteiger partial charge is 0.472 e. The van der Waals surface area contributed by atoms with Crippen LogP contribution >= 0.6 is 0 Å². The molecule has 2 aromatic rings. The van der Waals surface area contributed by atoms with E-state index in [1.807, 2.05) is 12.1 Å². The maximum absolute atomic E-state index is 14.5. The Kier molecular flexibility index (Phi) is 9.35. The Hall–Kier alpha value is -3.27. The number of pyridine rings is 1. The standard InChI is InChI=1S/C35H47N5O4/c1-3-26-21-35(26,34(36)43-2)39-31(41)29-20-27-22-40(29)33(42)30(25-12-8-9-13-25)37-17-10-6-4-5-7-11-23-14-15-24-16-18-38-32(44-27)28(24)19-23/h3,7,11,14-16,18-19,25-27,29-30,34,37H,1,4-6,8-10,12-13,17,20-22,36H2,2H3,(H,39,41)/b11-7+/t26-,27-,29+,30+,34?,35-/m1/s1. The van der Waals surface area contributed by atoms with Crippen molar-refractivity contribution in [2.24, 2.45) is 17.6 Å². The molecule has 3 fully saturated rings. The highest BCUT2D eigenvalue weighted by atomic mass is 16.5. The van der Waals surface area contributed by atoms with Crippen molar-refractivity contribution in [2.75, 3.05) is 20.2 Å². The molecular formula is C35H47N5O4. The van der Waals surface area contributed by atoms with Crippen molar-refractivity contribution < 1.29 is 19.1 Å². The number of fused-ring (bicyclic) bond motifs is 3. The van der Waals surface area contributed by atoms with E-state index < -0.39 is 23.9 Å². The minimum Gasteiger partial charge on any atom is -0.472 e. The van der Waals surface area contributed by atoms with Gasteiger partial charge in [0, 0.05) is 31.0 Å². The predicted molar refractivity (Wildman–Crippen MR) is 172 cm³/mol. The predicted octanol–water partition coefficient (Wildman–Crippen LogP) is 4.31. The molecule has 1 aromatic carbocycles. The number of methoxy groups -OCH3 is 1. The molecule has 6 atom stereocenters. The average molecular weight is 602 g/mol. The van der Waals surface area contributed by atoms with Crippen LogP contribution in [-0.4, -0.2) is 71.9 Å². The number of benzene rings is 1. The van der Waals surface area contributed by atoms with E-state index in [0.717, 1.165) is 74.2 Å². The fourth-order valence-corrected chi connectivity index (χ4v) is 7.52. The van der Waals surface area contributed by atoms with Crippen molar-refractivity contribution in [1.29, 1.82) is 0 Å². The Morgan fingerprint density at radius 3 is 2.86 bits per heavy atom. The first-order chi connectivity index (χ1) is 21.4. The SMILES string of the molecule is C=C[C@@H]1C[C@]1(NC(=O)[C@@H]1C[C@@H]2CN1C(=O)[C@H](C1CCCC1)NCCCCC/C=C/c1ccc3ccnc(c3c1)O2)C(N)OC. The van der Waals surface area contributed by atoms with Gasteiger partial charge in [-0.1, -0.05) is 49.6 Å². The lowest BCUT2D eigenvalue weighted by Crippen LogP contribution is -2.59. The molecule has 9 heteroatoms. The second-order valence-electron chi connectivity index (χ2n) is 13.0. The van der Waals surface area contributed by atoms with E-state index in [-0.39, 0.29) is 29.7 Å². The molecule has 1 saturated heterocycles. The molecule has 4 N–H and O–H groups in total. The van der Waals surface area contributed by atoms with Crippen LogP contribution in [0.3, 0.4) is 0 Å². The van der Waals surface area contributed by atoms with E-state index in [1.165, 1.54) is 0 Å². The molecule has 1 aromatic heterocycles. The number of nitrogens with two attached hydrogens (primary N) is 1. The zero-order valence-electron chi connectivity index (χ0n) is 25.9. The van der Waals surface area contributed by atoms with E-state index in [0.29, 0.717) is 25.3 Å². The average Bonchev–Trinajstić information content (AvgIpc) is 3.34. The van der Waals surface area contributed by atoms with Gasteiger partial charge in [0.1, 0.15) is 18.4 Å². The van der Waals surface area contributed by atoms with Gasteiger partial charge in [0.15, 0.2) is 0 Å². The molecule has 44 heavy (non-hydrogen) atoms. The Morgan fingerprint density at radius 1 is 1.25 bits per heavy atom. The molecule has 2 amide bonds. The highest BCUT2D eigenvalue weighted by Crippen LogP contribution is 2.47. The summed E-state index contributed by atoms with van der Waals surface area (Å²) in [6.07, 6.45) is 16.4. The number of carbonyl (C=O) groups is 2. The van der Waals surface area contributed by atoms with Crippen LogP contribution in [0.5, 0.6) is 5.88 Å². The third-order valence-corrected chi connectivity index (χ3v) is 10.2. The van der Waals surface area contributed by atoms with Crippen molar-refractivity contribution in [3.05, 3.63) is 54.8 Å². The number of nitrogens with zero attached hydrogens (tertiary/aromatic N) is 2. The molecule has 2 aliphatic carbocycles. The van der Waals surface area contributed by atoms with E-state index in [4.69, 9.17) is 15.2 Å². The molecule has 2 aliphatic heterocycles. The highest BCUT2D eigenvalue weighted by Gasteiger charge is 2.59. The zero-order valence-corrected chi connectivity index (χ0v) is 25.9. The summed E-state index contributed by atoms with van der Waals surface area (Å²) >= 11 is 0. The minimum atomic E-state index is -0.724. The van der Waals surface area contributed by atoms with Gasteiger partial charge in [0.05, 0.1) is 18.1 Å². The van der Waals surface area contributed by atoms with Gasteiger partial charge in [-0.25, -0.2) is 4.98 Å². The van der Waals surface area contributed by atoms with Crippen LogP contribution in [0.1, 0.15) is 69.8 Å². The molecule has 0 radical (unpaired) electrons. The van der Waals surface area contributed by atoms with Crippen LogP contribution in [-0.2, 0) is 14.3 Å². The first kappa shape index (κ1) is 30.7. The molecule has 4 aliphatic rings. The van der Waals surface area contributed by atoms with E-state index >= 15 is 0 Å². The molecule has 3 heterocycles. The summed E-state index contributed by atoms with van der Waals surface area (Å²) in [5, 5.41) is 8.79. The quantitative estimate of drug-likeness (QED) is 0.334. The third kappa shape index (κ3) is 6.28. The zero-order chi connectivity index (χ0) is 30.7. The monoisotopic (exact) mass is 601 g/mol. The van der Waals surface area contributed by atoms with Gasteiger partial charge in [-0.05, 0) is 74.1 Å². The lowest BCUT2D eigenvalue weighted by molar-refractivity contribution is -0.142. The second-order valence-corrected chi connectivity index (χ2v) is 13.0. The number of allylic oxidation sites excluding steroid dienone is 1. The van der Waals surface area contributed by atoms with Gasteiger partial charge in [0.2, 0.25) is 17.7 Å². The summed E-state index contributed by atoms with van der Waals surface area (Å²) in [7, 11) is 1.55. The number of ether oxygens (including phenoxy) is 2. The fraction of sp³-hybridized carbons (Fsp3) is 0.571. The molecule has 4 bridgehead atoms. The summed E-state index contributed by atoms with van der Waals surface area (Å²) in [6.45, 7) is 5.02. The van der Waals surface area contributed by atoms with Gasteiger partial charge < -0.3 is 30.7 Å². The summed E-state index contributed by atoms with van der Waals surface area (Å²) < 4.78 is 12.0. The van der Waals surface area contributed by atoms with Crippen LogP contribution in [0, 0.1) is 11.8 Å². The summed E-state index contributed by atoms with van der Waals surface area (Å²) in [5.41, 5.74) is 6.70. The Bertz CT molecular complexity index is 1390. The van der Waals surface area contributed by atoms with E-state index in [1.54, 1.807) is 18.2 Å². The fourth-order valence-electron chi connectivity index (χ4n) is 7.52. The van der Waals surface area contributed by atoms with Crippen LogP contribution in [0.2, 0.25) is 0 Å². The molecule has 9 nitrogen and oxygen atoms in total. The van der Waals surface area contributed by atoms with E-state index in [9.17, 15) is 9.59 Å². The first-order valence-electron chi connectivity index (χ1n) is 16.4. The van der Waals surface area contributed by atoms with Gasteiger partial charge in [0.25, 0.3) is 0 Å². The molecule has 0 spiro atoms. The topological polar surface area (TPSA) is 119 Å². The van der Waals surface area contributed by atoms with Crippen LogP contribution in [0.15, 0.2) is 49.2 Å². The van der Waals surface area contributed by atoms with Crippen molar-refractivity contribution >= 4 is 28.7 Å². The second kappa shape index (κ2) is 13.4. The third-order valence-electron chi connectivity index (χ3n) is 10.2. The van der Waals surface area contributed by atoms with Crippen LogP contribution in [0.25, 0.3) is 16.8 Å². The maximum atomic E-state index is 14.5. The van der Waals surface area contributed by atoms with Gasteiger partial charge in [-0.15, -0.1) is 6.58 Å². The number of hydrogen-bond acceptors (Lipinski definition) is 7. The Morgan fingerprint density at radius 2 is 2.09 bits per heavy atom. The molecule has 1 unspecified atom stereocenters. The Labute approximate surface area is 260 Å². The van der Waals surface area contributed by atoms with E-state index in [2.05, 4.69) is 52.5 Å². The number of nitrogens with one attached hydrogen (secondary N) is 2. The minimum absolute atomic E-state index is 0.0117. The number of hydrogen-bond donors (Lipinski definition) is 3. The number of amides is 2. The van der Waals surface area contributed by atoms with Crippen molar-refractivity contribution in [3.63, 3.8) is 0 Å². The first-order valence-corrected chi connectivity index (χ1v) is 16.4. The summed E-state index contributed by atoms with van der Waals surface area (Å²) in [6, 6.07) is 7.27. The highest BCUT2D eigenvalue weighted by molar-refractivity contribution is 5.92. The molecule has 2 saturated carbocycles. The van der Waals surface area contributed by atoms with Crippen molar-refractivity contribution in [3.8, 4) is 5.88 Å².